The number of fused-ring (bicyclic) bond motifs is 1. The molecule has 34 heavy (non-hydrogen) atoms. The van der Waals surface area contributed by atoms with Gasteiger partial charge in [-0.1, -0.05) is 77.3 Å². The second-order valence-electron chi connectivity index (χ2n) is 8.09. The van der Waals surface area contributed by atoms with Crippen LogP contribution in [0.25, 0.3) is 5.70 Å². The molecule has 2 N–H and O–H groups in total. The van der Waals surface area contributed by atoms with Gasteiger partial charge < -0.3 is 5.32 Å². The third kappa shape index (κ3) is 4.83. The molecule has 3 aromatic carbocycles. The molecule has 172 valence electrons. The van der Waals surface area contributed by atoms with Crippen molar-refractivity contribution in [3.8, 4) is 0 Å². The molecule has 0 bridgehead atoms. The Hall–Kier alpha value is -3.61. The molecule has 1 atom stereocenters. The van der Waals surface area contributed by atoms with Crippen LogP contribution in [0.5, 0.6) is 0 Å². The summed E-state index contributed by atoms with van der Waals surface area (Å²) in [7, 11) is 0. The largest absolute Gasteiger partial charge is 0.324 e. The average Bonchev–Trinajstić information content (AvgIpc) is 3.22. The minimum Gasteiger partial charge on any atom is -0.324 e. The summed E-state index contributed by atoms with van der Waals surface area (Å²) in [6.45, 7) is 4.12. The van der Waals surface area contributed by atoms with Crippen molar-refractivity contribution >= 4 is 47.5 Å². The number of aryl methyl sites for hydroxylation is 2. The molecular weight excluding hydrogens is 469 g/mol. The highest BCUT2D eigenvalue weighted by Gasteiger charge is 2.26. The molecule has 0 radical (unpaired) electrons. The fourth-order valence-electron chi connectivity index (χ4n) is 3.75. The van der Waals surface area contributed by atoms with E-state index in [0.29, 0.717) is 16.5 Å². The van der Waals surface area contributed by atoms with E-state index >= 15 is 0 Å². The van der Waals surface area contributed by atoms with Crippen LogP contribution in [0.3, 0.4) is 0 Å². The highest BCUT2D eigenvalue weighted by molar-refractivity contribution is 6.31. The Kier molecular flexibility index (Phi) is 6.72. The molecule has 1 aliphatic rings. The van der Waals surface area contributed by atoms with E-state index in [-0.39, 0.29) is 30.3 Å². The molecule has 2 heterocycles. The first-order chi connectivity index (χ1) is 16.0. The lowest BCUT2D eigenvalue weighted by atomic mass is 10.0. The minimum absolute atomic E-state index is 0. The fourth-order valence-corrected chi connectivity index (χ4v) is 3.94. The van der Waals surface area contributed by atoms with Crippen molar-refractivity contribution in [1.82, 2.24) is 14.8 Å². The van der Waals surface area contributed by atoms with Gasteiger partial charge in [0.15, 0.2) is 0 Å². The highest BCUT2D eigenvalue weighted by atomic mass is 35.5. The van der Waals surface area contributed by atoms with Crippen molar-refractivity contribution in [1.29, 1.82) is 0 Å². The number of hydrogen-bond acceptors (Lipinski definition) is 4. The Morgan fingerprint density at radius 2 is 1.68 bits per heavy atom. The van der Waals surface area contributed by atoms with Crippen LogP contribution in [-0.2, 0) is 0 Å². The van der Waals surface area contributed by atoms with Crippen molar-refractivity contribution in [2.75, 3.05) is 10.6 Å². The summed E-state index contributed by atoms with van der Waals surface area (Å²) in [5.74, 6) is 0.456. The summed E-state index contributed by atoms with van der Waals surface area (Å²) in [6, 6.07) is 23.2. The molecule has 1 aliphatic heterocycles. The number of allylic oxidation sites excluding steroid dienone is 1. The molecular formula is C26H23Cl2N5O. The van der Waals surface area contributed by atoms with Crippen LogP contribution in [0.15, 0.2) is 78.9 Å². The molecule has 8 heteroatoms. The first kappa shape index (κ1) is 23.5. The van der Waals surface area contributed by atoms with Crippen molar-refractivity contribution in [2.45, 2.75) is 19.9 Å². The normalized spacial score (nSPS) is 14.3. The maximum atomic E-state index is 12.7. The van der Waals surface area contributed by atoms with Gasteiger partial charge in [-0.3, -0.25) is 10.1 Å². The van der Waals surface area contributed by atoms with E-state index in [9.17, 15) is 4.79 Å². The number of benzene rings is 3. The number of carbonyl (C=O) groups excluding carboxylic acids is 1. The van der Waals surface area contributed by atoms with Gasteiger partial charge in [-0.15, -0.1) is 17.5 Å². The monoisotopic (exact) mass is 491 g/mol. The van der Waals surface area contributed by atoms with Crippen LogP contribution >= 0.6 is 24.0 Å². The quantitative estimate of drug-likeness (QED) is 0.352. The van der Waals surface area contributed by atoms with Gasteiger partial charge in [-0.05, 0) is 49.2 Å². The first-order valence-electron chi connectivity index (χ1n) is 10.6. The maximum absolute atomic E-state index is 12.7. The van der Waals surface area contributed by atoms with Crippen molar-refractivity contribution in [2.24, 2.45) is 0 Å². The molecule has 0 saturated carbocycles. The summed E-state index contributed by atoms with van der Waals surface area (Å²) in [6.07, 6.45) is 2.12. The Labute approximate surface area is 209 Å². The lowest BCUT2D eigenvalue weighted by Crippen LogP contribution is -2.20. The maximum Gasteiger partial charge on any atom is 0.258 e. The topological polar surface area (TPSA) is 71.8 Å². The van der Waals surface area contributed by atoms with Gasteiger partial charge in [-0.25, -0.2) is 4.68 Å². The summed E-state index contributed by atoms with van der Waals surface area (Å²) in [4.78, 5) is 17.3. The van der Waals surface area contributed by atoms with Crippen molar-refractivity contribution in [3.05, 3.63) is 112 Å². The fraction of sp³-hybridized carbons (Fsp3) is 0.115. The van der Waals surface area contributed by atoms with Crippen molar-refractivity contribution in [3.63, 3.8) is 0 Å². The van der Waals surface area contributed by atoms with E-state index in [1.54, 1.807) is 28.9 Å². The number of halogens is 2. The van der Waals surface area contributed by atoms with Crippen LogP contribution in [0.4, 0.5) is 11.9 Å². The van der Waals surface area contributed by atoms with Gasteiger partial charge in [0, 0.05) is 16.3 Å². The van der Waals surface area contributed by atoms with Crippen LogP contribution in [0.1, 0.15) is 38.7 Å². The first-order valence-corrected chi connectivity index (χ1v) is 11.0. The zero-order chi connectivity index (χ0) is 22.9. The zero-order valence-electron chi connectivity index (χ0n) is 18.6. The number of nitrogens with zero attached hydrogens (tertiary/aromatic N) is 3. The second kappa shape index (κ2) is 9.71. The zero-order valence-corrected chi connectivity index (χ0v) is 20.2. The van der Waals surface area contributed by atoms with E-state index in [1.165, 1.54) is 11.1 Å². The Morgan fingerprint density at radius 3 is 2.35 bits per heavy atom. The molecule has 5 rings (SSSR count). The molecule has 1 amide bonds. The molecule has 0 fully saturated rings. The Morgan fingerprint density at radius 1 is 1.00 bits per heavy atom. The number of amides is 1. The lowest BCUT2D eigenvalue weighted by molar-refractivity contribution is 0.102. The molecule has 1 aromatic heterocycles. The molecule has 1 unspecified atom stereocenters. The van der Waals surface area contributed by atoms with Gasteiger partial charge in [0.05, 0.1) is 0 Å². The van der Waals surface area contributed by atoms with E-state index in [0.717, 1.165) is 16.8 Å². The number of hydrogen-bond donors (Lipinski definition) is 2. The highest BCUT2D eigenvalue weighted by Crippen LogP contribution is 2.33. The standard InChI is InChI=1S/C26H22ClN5O.ClH/c1-16-6-10-18(11-7-16)22-15-23(19-12-8-17(2)9-13-19)32-26(28-22)30-25(31-32)29-24(33)20-4-3-5-21(27)14-20;/h3-15,23H,1-2H3,(H2,28,29,30,31,33);1H. The van der Waals surface area contributed by atoms with E-state index in [2.05, 4.69) is 89.2 Å². The number of nitrogens with one attached hydrogen (secondary N) is 2. The molecule has 0 saturated heterocycles. The van der Waals surface area contributed by atoms with Crippen LogP contribution in [0.2, 0.25) is 5.02 Å². The Bertz CT molecular complexity index is 1360. The summed E-state index contributed by atoms with van der Waals surface area (Å²) >= 11 is 6.02. The summed E-state index contributed by atoms with van der Waals surface area (Å²) < 4.78 is 1.79. The van der Waals surface area contributed by atoms with Crippen LogP contribution < -0.4 is 10.6 Å². The van der Waals surface area contributed by atoms with E-state index < -0.39 is 0 Å². The lowest BCUT2D eigenvalue weighted by Gasteiger charge is -2.24. The third-order valence-corrected chi connectivity index (χ3v) is 5.79. The SMILES string of the molecule is Cc1ccc(C2=CC(c3ccc(C)cc3)n3nc(NC(=O)c4cccc(Cl)c4)nc3N2)cc1.Cl. The molecule has 0 aliphatic carbocycles. The van der Waals surface area contributed by atoms with Gasteiger partial charge in [0.2, 0.25) is 5.95 Å². The predicted molar refractivity (Wildman–Crippen MR) is 139 cm³/mol. The molecule has 4 aromatic rings. The van der Waals surface area contributed by atoms with Crippen LogP contribution in [-0.4, -0.2) is 20.7 Å². The van der Waals surface area contributed by atoms with Crippen molar-refractivity contribution < 1.29 is 4.79 Å². The molecule has 6 nitrogen and oxygen atoms in total. The number of carbonyl (C=O) groups is 1. The smallest absolute Gasteiger partial charge is 0.258 e. The van der Waals surface area contributed by atoms with Crippen LogP contribution in [0, 0.1) is 13.8 Å². The minimum atomic E-state index is -0.320. The summed E-state index contributed by atoms with van der Waals surface area (Å²) in [5.41, 5.74) is 5.88. The van der Waals surface area contributed by atoms with E-state index in [1.807, 2.05) is 0 Å². The molecule has 0 spiro atoms. The number of aromatic nitrogens is 3. The number of rotatable bonds is 4. The third-order valence-electron chi connectivity index (χ3n) is 5.56. The van der Waals surface area contributed by atoms with Gasteiger partial charge in [-0.2, -0.15) is 4.98 Å². The van der Waals surface area contributed by atoms with Gasteiger partial charge in [0.25, 0.3) is 11.9 Å². The summed E-state index contributed by atoms with van der Waals surface area (Å²) in [5, 5.41) is 11.2. The average molecular weight is 492 g/mol. The van der Waals surface area contributed by atoms with Gasteiger partial charge >= 0.3 is 0 Å². The van der Waals surface area contributed by atoms with Gasteiger partial charge in [0.1, 0.15) is 6.04 Å². The van der Waals surface area contributed by atoms with E-state index in [4.69, 9.17) is 11.6 Å². The predicted octanol–water partition coefficient (Wildman–Crippen LogP) is 6.28. The second-order valence-corrected chi connectivity index (χ2v) is 8.53. The Balaban J connectivity index is 0.00000274. The number of anilines is 2.